The van der Waals surface area contributed by atoms with E-state index in [1.807, 2.05) is 20.8 Å². The zero-order valence-electron chi connectivity index (χ0n) is 35.9. The van der Waals surface area contributed by atoms with Gasteiger partial charge in [0.1, 0.15) is 6.29 Å². The summed E-state index contributed by atoms with van der Waals surface area (Å²) in [6.45, 7) is 32.2. The van der Waals surface area contributed by atoms with Crippen LogP contribution in [0.4, 0.5) is 0 Å². The highest BCUT2D eigenvalue weighted by Crippen LogP contribution is 2.75. The number of nitrogens with zero attached hydrogens (tertiary/aromatic N) is 2. The second kappa shape index (κ2) is 18.8. The maximum Gasteiger partial charge on any atom is 0.223 e. The standard InChI is InChI=1S/C39H67N3O2S.C3H6.C2H6.CH4O/c1-34(2,19-25-43)28-33(44)42-22-18-36(5)31(35(42,3)4)13-15-38(7)32(36)12-11-29-30-10-8-14-39(30,17-16-37(29,38)6)40-20-9-21-41-23-26-45-27-24-41;1-3-2;2*1-2/h25,29-32,40H,8-24,26-28H2,1-7H3;3H,1H2,2H3;1-2H3;2H,1H3/t29?,30-,31+,32-,36?,37-,38?,39?;;;/m1.../s1. The van der Waals surface area contributed by atoms with E-state index in [1.165, 1.54) is 102 Å². The van der Waals surface area contributed by atoms with E-state index in [9.17, 15) is 9.59 Å². The summed E-state index contributed by atoms with van der Waals surface area (Å²) in [7, 11) is 1.00. The van der Waals surface area contributed by atoms with Gasteiger partial charge in [0.05, 0.1) is 0 Å². The third-order valence-electron chi connectivity index (χ3n) is 15.8. The summed E-state index contributed by atoms with van der Waals surface area (Å²) in [5, 5.41) is 11.3. The molecule has 6 fully saturated rings. The molecule has 7 heteroatoms. The number of allylic oxidation sites excluding steroid dienone is 1. The number of thioether (sulfide) groups is 1. The lowest BCUT2D eigenvalue weighted by molar-refractivity contribution is -0.235. The molecule has 0 radical (unpaired) electrons. The Morgan fingerprint density at radius 3 is 2.17 bits per heavy atom. The lowest BCUT2D eigenvalue weighted by Crippen LogP contribution is -2.71. The van der Waals surface area contributed by atoms with Crippen LogP contribution in [0.15, 0.2) is 12.7 Å². The highest BCUT2D eigenvalue weighted by molar-refractivity contribution is 7.99. The predicted molar refractivity (Wildman–Crippen MR) is 224 cm³/mol. The highest BCUT2D eigenvalue weighted by atomic mass is 32.2. The maximum absolute atomic E-state index is 13.8. The topological polar surface area (TPSA) is 72.9 Å². The third-order valence-corrected chi connectivity index (χ3v) is 16.8. The Balaban J connectivity index is 0.000000975. The van der Waals surface area contributed by atoms with Gasteiger partial charge in [-0.2, -0.15) is 11.8 Å². The number of aliphatic hydroxyl groups excluding tert-OH is 1. The number of amides is 1. The molecule has 8 atom stereocenters. The van der Waals surface area contributed by atoms with Crippen molar-refractivity contribution < 1.29 is 14.7 Å². The Kier molecular flexibility index (Phi) is 16.5. The van der Waals surface area contributed by atoms with Crippen molar-refractivity contribution in [1.82, 2.24) is 15.1 Å². The van der Waals surface area contributed by atoms with Crippen molar-refractivity contribution in [3.05, 3.63) is 12.7 Å². The maximum atomic E-state index is 13.8. The van der Waals surface area contributed by atoms with Crippen molar-refractivity contribution in [3.63, 3.8) is 0 Å². The van der Waals surface area contributed by atoms with E-state index in [2.05, 4.69) is 81.9 Å². The smallest absolute Gasteiger partial charge is 0.223 e. The van der Waals surface area contributed by atoms with E-state index in [0.29, 0.717) is 35.1 Å². The fraction of sp³-hybridized carbons (Fsp3) is 0.911. The second-order valence-electron chi connectivity index (χ2n) is 19.1. The van der Waals surface area contributed by atoms with Crippen molar-refractivity contribution in [2.75, 3.05) is 51.3 Å². The van der Waals surface area contributed by atoms with Crippen LogP contribution < -0.4 is 5.32 Å². The Bertz CT molecular complexity index is 1150. The molecule has 4 unspecified atom stereocenters. The first-order valence-corrected chi connectivity index (χ1v) is 22.6. The van der Waals surface area contributed by atoms with Crippen molar-refractivity contribution in [2.24, 2.45) is 45.3 Å². The number of hydrogen-bond donors (Lipinski definition) is 2. The lowest BCUT2D eigenvalue weighted by Gasteiger charge is -2.73. The van der Waals surface area contributed by atoms with Crippen LogP contribution in [-0.2, 0) is 9.59 Å². The van der Waals surface area contributed by atoms with E-state index in [0.717, 1.165) is 44.1 Å². The number of likely N-dealkylation sites (tertiary alicyclic amines) is 1. The quantitative estimate of drug-likeness (QED) is 0.139. The van der Waals surface area contributed by atoms with Gasteiger partial charge in [0.15, 0.2) is 0 Å². The summed E-state index contributed by atoms with van der Waals surface area (Å²) >= 11 is 2.12. The first kappa shape index (κ1) is 45.5. The van der Waals surface area contributed by atoms with Gasteiger partial charge in [0.2, 0.25) is 5.91 Å². The van der Waals surface area contributed by atoms with Gasteiger partial charge in [0, 0.05) is 62.2 Å². The average molecular weight is 746 g/mol. The molecule has 0 aromatic carbocycles. The molecule has 0 spiro atoms. The number of rotatable bonds is 9. The molecule has 6 aliphatic rings. The van der Waals surface area contributed by atoms with E-state index >= 15 is 0 Å². The number of hydrogen-bond acceptors (Lipinski definition) is 6. The van der Waals surface area contributed by atoms with Gasteiger partial charge in [-0.3, -0.25) is 4.79 Å². The molecule has 2 saturated heterocycles. The van der Waals surface area contributed by atoms with E-state index in [1.54, 1.807) is 6.08 Å². The first-order chi connectivity index (χ1) is 24.6. The van der Waals surface area contributed by atoms with Crippen LogP contribution >= 0.6 is 11.8 Å². The molecule has 1 amide bonds. The van der Waals surface area contributed by atoms with Crippen LogP contribution in [0.2, 0.25) is 0 Å². The molecule has 2 aliphatic heterocycles. The number of fused-ring (bicyclic) bond motifs is 7. The molecule has 2 heterocycles. The van der Waals surface area contributed by atoms with E-state index in [-0.39, 0.29) is 22.3 Å². The fourth-order valence-electron chi connectivity index (χ4n) is 13.3. The molecule has 302 valence electrons. The SMILES string of the molecule is C=CC.CC.CC(C)(CC=O)CC(=O)N1CCC2(C)[C@@H](CCC3(C)[C@@H]2CCC2[C@H]4CCCC4(NCCCN4CCSCC4)CC[C@]23C)C1(C)C.CO. The molecule has 4 aliphatic carbocycles. The van der Waals surface area contributed by atoms with Crippen molar-refractivity contribution in [3.8, 4) is 0 Å². The monoisotopic (exact) mass is 746 g/mol. The van der Waals surface area contributed by atoms with Crippen LogP contribution in [-0.4, -0.2) is 89.5 Å². The molecule has 52 heavy (non-hydrogen) atoms. The normalized spacial score (nSPS) is 37.8. The van der Waals surface area contributed by atoms with Gasteiger partial charge >= 0.3 is 0 Å². The minimum atomic E-state index is -0.272. The third kappa shape index (κ3) is 8.73. The lowest BCUT2D eigenvalue weighted by atomic mass is 9.34. The molecule has 0 aromatic rings. The minimum absolute atomic E-state index is 0.148. The van der Waals surface area contributed by atoms with Gasteiger partial charge in [-0.05, 0) is 143 Å². The van der Waals surface area contributed by atoms with Crippen LogP contribution in [0, 0.1) is 45.3 Å². The first-order valence-electron chi connectivity index (χ1n) is 21.5. The summed E-state index contributed by atoms with van der Waals surface area (Å²) in [6, 6.07) is 0. The molecule has 0 aromatic heterocycles. The zero-order chi connectivity index (χ0) is 39.0. The summed E-state index contributed by atoms with van der Waals surface area (Å²) < 4.78 is 0. The number of nitrogens with one attached hydrogen (secondary N) is 1. The van der Waals surface area contributed by atoms with Crippen molar-refractivity contribution in [2.45, 2.75) is 164 Å². The van der Waals surface area contributed by atoms with Crippen LogP contribution in [0.5, 0.6) is 0 Å². The van der Waals surface area contributed by atoms with Crippen LogP contribution in [0.25, 0.3) is 0 Å². The zero-order valence-corrected chi connectivity index (χ0v) is 36.7. The van der Waals surface area contributed by atoms with Crippen molar-refractivity contribution in [1.29, 1.82) is 0 Å². The number of carbonyl (C=O) groups is 2. The predicted octanol–water partition coefficient (Wildman–Crippen LogP) is 9.65. The number of aliphatic hydroxyl groups is 1. The summed E-state index contributed by atoms with van der Waals surface area (Å²) in [4.78, 5) is 30.0. The molecule has 6 rings (SSSR count). The Morgan fingerprint density at radius 1 is 0.885 bits per heavy atom. The Morgan fingerprint density at radius 2 is 1.54 bits per heavy atom. The van der Waals surface area contributed by atoms with Gasteiger partial charge in [0.25, 0.3) is 0 Å². The average Bonchev–Trinajstić information content (AvgIpc) is 3.53. The molecular weight excluding hydrogens is 663 g/mol. The Hall–Kier alpha value is -0.890. The highest BCUT2D eigenvalue weighted by Gasteiger charge is 2.70. The Labute approximate surface area is 325 Å². The minimum Gasteiger partial charge on any atom is -0.400 e. The largest absolute Gasteiger partial charge is 0.400 e. The summed E-state index contributed by atoms with van der Waals surface area (Å²) in [6.07, 6.45) is 18.4. The number of aldehydes is 1. The van der Waals surface area contributed by atoms with Gasteiger partial charge in [-0.15, -0.1) is 6.58 Å². The fourth-order valence-corrected chi connectivity index (χ4v) is 14.3. The molecule has 0 bridgehead atoms. The van der Waals surface area contributed by atoms with E-state index < -0.39 is 0 Å². The number of carbonyl (C=O) groups excluding carboxylic acids is 2. The second-order valence-corrected chi connectivity index (χ2v) is 20.4. The van der Waals surface area contributed by atoms with Gasteiger partial charge < -0.3 is 25.0 Å². The molecule has 2 N–H and O–H groups in total. The van der Waals surface area contributed by atoms with Crippen LogP contribution in [0.1, 0.15) is 153 Å². The summed E-state index contributed by atoms with van der Waals surface area (Å²) in [5.74, 6) is 5.84. The summed E-state index contributed by atoms with van der Waals surface area (Å²) in [5.41, 5.74) is 1.02. The van der Waals surface area contributed by atoms with Gasteiger partial charge in [-0.1, -0.05) is 61.0 Å². The molecular formula is C45H83N3O3S. The van der Waals surface area contributed by atoms with E-state index in [4.69, 9.17) is 5.11 Å². The van der Waals surface area contributed by atoms with Crippen molar-refractivity contribution >= 4 is 24.0 Å². The van der Waals surface area contributed by atoms with Gasteiger partial charge in [-0.25, -0.2) is 0 Å². The molecule has 4 saturated carbocycles. The molecule has 6 nitrogen and oxygen atoms in total. The number of piperidine rings is 1. The van der Waals surface area contributed by atoms with Crippen LogP contribution in [0.3, 0.4) is 0 Å².